The zero-order valence-electron chi connectivity index (χ0n) is 13.2. The van der Waals surface area contributed by atoms with Crippen LogP contribution in [0.5, 0.6) is 0 Å². The molecule has 0 aliphatic heterocycles. The first kappa shape index (κ1) is 20.1. The number of alkyl halides is 2. The number of hydrogen-bond acceptors (Lipinski definition) is 3. The van der Waals surface area contributed by atoms with E-state index in [2.05, 4.69) is 37.0 Å². The molecule has 3 rings (SSSR count). The molecule has 0 aliphatic rings. The normalized spacial score (nSPS) is 12.0. The molecule has 0 radical (unpaired) electrons. The maximum absolute atomic E-state index is 14.2. The quantitative estimate of drug-likeness (QED) is 0.533. The average Bonchev–Trinajstić information content (AvgIpc) is 3.01. The maximum Gasteiger partial charge on any atom is 0.282 e. The maximum atomic E-state index is 14.2. The predicted molar refractivity (Wildman–Crippen MR) is 101 cm³/mol. The third-order valence-corrected chi connectivity index (χ3v) is 6.46. The van der Waals surface area contributed by atoms with Crippen molar-refractivity contribution in [3.8, 4) is 16.9 Å². The Labute approximate surface area is 169 Å². The lowest BCUT2D eigenvalue weighted by Crippen LogP contribution is -2.14. The van der Waals surface area contributed by atoms with Crippen molar-refractivity contribution >= 4 is 41.9 Å². The Bertz CT molecular complexity index is 1130. The van der Waals surface area contributed by atoms with Gasteiger partial charge in [0.05, 0.1) is 11.4 Å². The SMILES string of the molecule is NS(=O)(=O)c1ccc(-c2cc(C(F)F)nn2-c2ccc(Br)c(Br)c2)cc1F. The summed E-state index contributed by atoms with van der Waals surface area (Å²) in [6.45, 7) is 0. The van der Waals surface area contributed by atoms with Gasteiger partial charge in [-0.3, -0.25) is 0 Å². The van der Waals surface area contributed by atoms with E-state index in [0.717, 1.165) is 22.7 Å². The van der Waals surface area contributed by atoms with Gasteiger partial charge in [0.1, 0.15) is 16.4 Å². The van der Waals surface area contributed by atoms with E-state index in [1.165, 1.54) is 10.7 Å². The van der Waals surface area contributed by atoms with Crippen LogP contribution in [0.15, 0.2) is 56.3 Å². The van der Waals surface area contributed by atoms with E-state index in [1.54, 1.807) is 18.2 Å². The molecule has 0 saturated carbocycles. The van der Waals surface area contributed by atoms with Crippen molar-refractivity contribution in [2.45, 2.75) is 11.3 Å². The second kappa shape index (κ2) is 7.38. The summed E-state index contributed by atoms with van der Waals surface area (Å²) in [5, 5.41) is 8.84. The molecule has 0 fully saturated rings. The number of nitrogens with two attached hydrogens (primary N) is 1. The van der Waals surface area contributed by atoms with E-state index >= 15 is 0 Å². The van der Waals surface area contributed by atoms with Crippen LogP contribution in [0.4, 0.5) is 13.2 Å². The number of benzene rings is 2. The highest BCUT2D eigenvalue weighted by Crippen LogP contribution is 2.32. The van der Waals surface area contributed by atoms with Crippen molar-refractivity contribution in [1.82, 2.24) is 9.78 Å². The van der Waals surface area contributed by atoms with Crippen LogP contribution >= 0.6 is 31.9 Å². The molecule has 5 nitrogen and oxygen atoms in total. The van der Waals surface area contributed by atoms with Crippen LogP contribution in [0.3, 0.4) is 0 Å². The van der Waals surface area contributed by atoms with Crippen molar-refractivity contribution in [2.24, 2.45) is 5.14 Å². The summed E-state index contributed by atoms with van der Waals surface area (Å²) in [4.78, 5) is -0.683. The Hall–Kier alpha value is -1.69. The van der Waals surface area contributed by atoms with E-state index in [4.69, 9.17) is 5.14 Å². The summed E-state index contributed by atoms with van der Waals surface area (Å²) in [5.74, 6) is -1.08. The molecule has 2 aromatic carbocycles. The molecule has 2 N–H and O–H groups in total. The molecule has 0 atom stereocenters. The monoisotopic (exact) mass is 523 g/mol. The fourth-order valence-corrected chi connectivity index (χ4v) is 3.62. The van der Waals surface area contributed by atoms with Gasteiger partial charge in [-0.15, -0.1) is 0 Å². The Morgan fingerprint density at radius 3 is 2.30 bits per heavy atom. The number of aromatic nitrogens is 2. The third-order valence-electron chi connectivity index (χ3n) is 3.63. The number of halogens is 5. The molecular formula is C16H10Br2F3N3O2S. The first-order valence-electron chi connectivity index (χ1n) is 7.24. The van der Waals surface area contributed by atoms with E-state index in [1.807, 2.05) is 0 Å². The summed E-state index contributed by atoms with van der Waals surface area (Å²) in [7, 11) is -4.24. The van der Waals surface area contributed by atoms with Gasteiger partial charge in [-0.2, -0.15) is 5.10 Å². The van der Waals surface area contributed by atoms with Crippen LogP contribution in [-0.2, 0) is 10.0 Å². The summed E-state index contributed by atoms with van der Waals surface area (Å²) in [5.41, 5.74) is 0.278. The molecule has 11 heteroatoms. The molecule has 0 bridgehead atoms. The largest absolute Gasteiger partial charge is 0.282 e. The minimum atomic E-state index is -4.24. The van der Waals surface area contributed by atoms with Crippen LogP contribution in [0.2, 0.25) is 0 Å². The highest BCUT2D eigenvalue weighted by Gasteiger charge is 2.21. The molecule has 27 heavy (non-hydrogen) atoms. The highest BCUT2D eigenvalue weighted by atomic mass is 79.9. The summed E-state index contributed by atoms with van der Waals surface area (Å²) >= 11 is 6.64. The second-order valence-electron chi connectivity index (χ2n) is 5.46. The molecule has 0 amide bonds. The number of primary sulfonamides is 1. The van der Waals surface area contributed by atoms with Gasteiger partial charge in [-0.05, 0) is 68.3 Å². The van der Waals surface area contributed by atoms with Crippen molar-refractivity contribution in [2.75, 3.05) is 0 Å². The fourth-order valence-electron chi connectivity index (χ4n) is 2.42. The van der Waals surface area contributed by atoms with E-state index in [0.29, 0.717) is 10.2 Å². The van der Waals surface area contributed by atoms with Crippen LogP contribution in [0.1, 0.15) is 12.1 Å². The van der Waals surface area contributed by atoms with E-state index in [9.17, 15) is 21.6 Å². The zero-order chi connectivity index (χ0) is 19.9. The molecule has 1 aromatic heterocycles. The Morgan fingerprint density at radius 1 is 1.04 bits per heavy atom. The van der Waals surface area contributed by atoms with Crippen LogP contribution in [0, 0.1) is 5.82 Å². The Morgan fingerprint density at radius 2 is 1.74 bits per heavy atom. The first-order valence-corrected chi connectivity index (χ1v) is 10.4. The third kappa shape index (κ3) is 4.10. The van der Waals surface area contributed by atoms with E-state index in [-0.39, 0.29) is 11.3 Å². The van der Waals surface area contributed by atoms with Gasteiger partial charge >= 0.3 is 0 Å². The van der Waals surface area contributed by atoms with Crippen LogP contribution in [0.25, 0.3) is 16.9 Å². The van der Waals surface area contributed by atoms with E-state index < -0.39 is 32.9 Å². The average molecular weight is 525 g/mol. The highest BCUT2D eigenvalue weighted by molar-refractivity contribution is 9.13. The number of sulfonamides is 1. The zero-order valence-corrected chi connectivity index (χ0v) is 17.2. The molecule has 142 valence electrons. The number of rotatable bonds is 4. The molecule has 3 aromatic rings. The lowest BCUT2D eigenvalue weighted by Gasteiger charge is -2.10. The molecular weight excluding hydrogens is 515 g/mol. The molecule has 0 aliphatic carbocycles. The molecule has 0 saturated heterocycles. The van der Waals surface area contributed by atoms with Crippen molar-refractivity contribution in [3.05, 3.63) is 62.9 Å². The van der Waals surface area contributed by atoms with Crippen LogP contribution < -0.4 is 5.14 Å². The second-order valence-corrected chi connectivity index (χ2v) is 8.69. The van der Waals surface area contributed by atoms with Crippen molar-refractivity contribution in [3.63, 3.8) is 0 Å². The van der Waals surface area contributed by atoms with Gasteiger partial charge in [0.2, 0.25) is 10.0 Å². The minimum Gasteiger partial charge on any atom is -0.233 e. The summed E-state index contributed by atoms with van der Waals surface area (Å²) < 4.78 is 65.9. The van der Waals surface area contributed by atoms with Gasteiger partial charge in [0.25, 0.3) is 6.43 Å². The van der Waals surface area contributed by atoms with Crippen LogP contribution in [-0.4, -0.2) is 18.2 Å². The molecule has 1 heterocycles. The Balaban J connectivity index is 2.20. The number of hydrogen-bond donors (Lipinski definition) is 1. The van der Waals surface area contributed by atoms with Gasteiger partial charge in [-0.25, -0.2) is 31.4 Å². The lowest BCUT2D eigenvalue weighted by molar-refractivity contribution is 0.145. The van der Waals surface area contributed by atoms with Gasteiger partial charge in [-0.1, -0.05) is 6.07 Å². The van der Waals surface area contributed by atoms with Crippen molar-refractivity contribution in [1.29, 1.82) is 0 Å². The standard InChI is InChI=1S/C16H10Br2F3N3O2S/c17-10-3-2-9(6-11(10)18)24-14(7-13(23-24)16(20)21)8-1-4-15(12(19)5-8)27(22,25)26/h1-7,16H,(H2,22,25,26). The Kier molecular flexibility index (Phi) is 5.48. The van der Waals surface area contributed by atoms with Gasteiger partial charge in [0.15, 0.2) is 0 Å². The molecule has 0 spiro atoms. The summed E-state index contributed by atoms with van der Waals surface area (Å²) in [6, 6.07) is 9.26. The summed E-state index contributed by atoms with van der Waals surface area (Å²) in [6.07, 6.45) is -2.84. The first-order chi connectivity index (χ1) is 12.6. The topological polar surface area (TPSA) is 78.0 Å². The van der Waals surface area contributed by atoms with Gasteiger partial charge in [0, 0.05) is 14.5 Å². The fraction of sp³-hybridized carbons (Fsp3) is 0.0625. The number of nitrogens with zero attached hydrogens (tertiary/aromatic N) is 2. The van der Waals surface area contributed by atoms with Crippen molar-refractivity contribution < 1.29 is 21.6 Å². The molecule has 0 unspecified atom stereocenters. The lowest BCUT2D eigenvalue weighted by atomic mass is 10.1. The minimum absolute atomic E-state index is 0.165. The predicted octanol–water partition coefficient (Wildman–Crippen LogP) is 4.79. The smallest absolute Gasteiger partial charge is 0.233 e. The van der Waals surface area contributed by atoms with Gasteiger partial charge < -0.3 is 0 Å².